The van der Waals surface area contributed by atoms with Crippen LogP contribution in [0.1, 0.15) is 1.37 Å². The predicted octanol–water partition coefficient (Wildman–Crippen LogP) is 2.72. The molecule has 0 saturated carbocycles. The minimum atomic E-state index is -3.17. The number of hydrogen-bond acceptors (Lipinski definition) is 2. The first-order valence-electron chi connectivity index (χ1n) is 3.43. The molecule has 0 aliphatic carbocycles. The molecule has 11 heavy (non-hydrogen) atoms. The minimum Gasteiger partial charge on any atom is -0.423 e. The first kappa shape index (κ1) is 5.83. The van der Waals surface area contributed by atoms with E-state index >= 15 is 0 Å². The van der Waals surface area contributed by atoms with Crippen LogP contribution in [0.2, 0.25) is 0 Å². The molecule has 0 atom stereocenters. The summed E-state index contributed by atoms with van der Waals surface area (Å²) in [5.74, 6) is 0.0949. The average molecular weight is 175 g/mol. The number of rotatable bonds is 0. The van der Waals surface area contributed by atoms with E-state index in [9.17, 15) is 8.78 Å². The Labute approximate surface area is 67.8 Å². The molecule has 0 spiro atoms. The highest BCUT2D eigenvalue weighted by molar-refractivity contribution is 8.00. The molecule has 0 amide bonds. The molecule has 0 radical (unpaired) electrons. The van der Waals surface area contributed by atoms with Crippen molar-refractivity contribution < 1.29 is 14.9 Å². The van der Waals surface area contributed by atoms with Gasteiger partial charge in [-0.25, -0.2) is 0 Å². The van der Waals surface area contributed by atoms with E-state index in [-0.39, 0.29) is 11.8 Å². The molecule has 1 aliphatic rings. The number of thioether (sulfide) groups is 1. The fraction of sp³-hybridized carbons (Fsp3) is 0.143. The topological polar surface area (TPSA) is 9.23 Å². The minimum absolute atomic E-state index is 0.0949. The predicted molar refractivity (Wildman–Crippen MR) is 37.9 cm³/mol. The van der Waals surface area contributed by atoms with E-state index in [4.69, 9.17) is 1.37 Å². The molecule has 0 fully saturated rings. The molecule has 1 aliphatic heterocycles. The highest BCUT2D eigenvalue weighted by Crippen LogP contribution is 2.48. The van der Waals surface area contributed by atoms with Gasteiger partial charge in [-0.1, -0.05) is 12.1 Å². The first-order chi connectivity index (χ1) is 5.57. The molecule has 0 bridgehead atoms. The van der Waals surface area contributed by atoms with Gasteiger partial charge in [-0.3, -0.25) is 0 Å². The van der Waals surface area contributed by atoms with Crippen molar-refractivity contribution in [3.63, 3.8) is 0 Å². The molecule has 0 unspecified atom stereocenters. The summed E-state index contributed by atoms with van der Waals surface area (Å²) in [7, 11) is 0. The van der Waals surface area contributed by atoms with Gasteiger partial charge >= 0.3 is 5.44 Å². The molecule has 58 valence electrons. The zero-order valence-electron chi connectivity index (χ0n) is 6.30. The van der Waals surface area contributed by atoms with Crippen LogP contribution in [0.4, 0.5) is 8.78 Å². The number of halogens is 2. The van der Waals surface area contributed by atoms with Crippen LogP contribution in [0, 0.1) is 0 Å². The fourth-order valence-electron chi connectivity index (χ4n) is 0.842. The molecule has 1 aromatic rings. The smallest absolute Gasteiger partial charge is 0.423 e. The Morgan fingerprint density at radius 1 is 1.55 bits per heavy atom. The van der Waals surface area contributed by atoms with Gasteiger partial charge in [-0.15, -0.1) is 0 Å². The average Bonchev–Trinajstić information content (AvgIpc) is 2.21. The van der Waals surface area contributed by atoms with Gasteiger partial charge in [0.05, 0.1) is 6.27 Å². The van der Waals surface area contributed by atoms with Gasteiger partial charge in [-0.05, 0) is 23.9 Å². The van der Waals surface area contributed by atoms with Crippen LogP contribution in [0.15, 0.2) is 29.1 Å². The largest absolute Gasteiger partial charge is 0.457 e. The lowest BCUT2D eigenvalue weighted by atomic mass is 10.3. The van der Waals surface area contributed by atoms with Crippen LogP contribution in [-0.2, 0) is 0 Å². The van der Waals surface area contributed by atoms with Crippen molar-refractivity contribution in [3.8, 4) is 5.75 Å². The third-order valence-corrected chi connectivity index (χ3v) is 2.12. The van der Waals surface area contributed by atoms with E-state index in [1.54, 1.807) is 0 Å². The SMILES string of the molecule is [2H]c1ccc2c(c1)OC(F)(F)S2. The molecule has 1 heterocycles. The van der Waals surface area contributed by atoms with E-state index in [1.807, 2.05) is 0 Å². The molecule has 1 nitrogen and oxygen atoms in total. The maximum absolute atomic E-state index is 12.5. The van der Waals surface area contributed by atoms with Gasteiger partial charge in [-0.2, -0.15) is 8.78 Å². The molecular formula is C7H4F2OS. The lowest BCUT2D eigenvalue weighted by Crippen LogP contribution is -2.13. The number of ether oxygens (including phenoxy) is 1. The summed E-state index contributed by atoms with van der Waals surface area (Å²) in [6.45, 7) is 0. The number of alkyl halides is 2. The summed E-state index contributed by atoms with van der Waals surface area (Å²) in [5, 5.41) is 0. The Bertz CT molecular complexity index is 329. The highest BCUT2D eigenvalue weighted by atomic mass is 32.2. The monoisotopic (exact) mass is 175 g/mol. The van der Waals surface area contributed by atoms with Gasteiger partial charge in [0, 0.05) is 0 Å². The van der Waals surface area contributed by atoms with Gasteiger partial charge in [0.1, 0.15) is 5.75 Å². The van der Waals surface area contributed by atoms with Crippen molar-refractivity contribution in [2.45, 2.75) is 10.3 Å². The lowest BCUT2D eigenvalue weighted by Gasteiger charge is -2.04. The lowest BCUT2D eigenvalue weighted by molar-refractivity contribution is -0.0822. The van der Waals surface area contributed by atoms with Crippen molar-refractivity contribution in [3.05, 3.63) is 24.2 Å². The number of hydrogen-bond donors (Lipinski definition) is 0. The summed E-state index contributed by atoms with van der Waals surface area (Å²) in [6.07, 6.45) is 0. The van der Waals surface area contributed by atoms with Crippen LogP contribution in [-0.4, -0.2) is 5.44 Å². The van der Waals surface area contributed by atoms with Gasteiger partial charge in [0.15, 0.2) is 0 Å². The summed E-state index contributed by atoms with van der Waals surface area (Å²) in [4.78, 5) is 0.385. The van der Waals surface area contributed by atoms with Crippen molar-refractivity contribution in [2.75, 3.05) is 0 Å². The van der Waals surface area contributed by atoms with E-state index in [1.165, 1.54) is 18.2 Å². The Kier molecular flexibility index (Phi) is 1.12. The molecule has 0 saturated heterocycles. The van der Waals surface area contributed by atoms with Crippen LogP contribution in [0.25, 0.3) is 0 Å². The Morgan fingerprint density at radius 3 is 3.18 bits per heavy atom. The van der Waals surface area contributed by atoms with Gasteiger partial charge in [0.2, 0.25) is 0 Å². The fourth-order valence-corrected chi connectivity index (χ4v) is 1.57. The standard InChI is InChI=1S/C7H4F2OS/c8-7(9)10-5-3-1-2-4-6(5)11-7/h1-4H/i1D. The number of para-hydroxylation sites is 1. The maximum Gasteiger partial charge on any atom is 0.457 e. The summed E-state index contributed by atoms with van der Waals surface area (Å²) < 4.78 is 36.5. The van der Waals surface area contributed by atoms with Crippen molar-refractivity contribution in [1.82, 2.24) is 0 Å². The van der Waals surface area contributed by atoms with Crippen LogP contribution in [0.3, 0.4) is 0 Å². The van der Waals surface area contributed by atoms with Crippen LogP contribution >= 0.6 is 11.8 Å². The van der Waals surface area contributed by atoms with Gasteiger partial charge in [0.25, 0.3) is 0 Å². The maximum atomic E-state index is 12.5. The molecule has 0 aromatic heterocycles. The van der Waals surface area contributed by atoms with Crippen molar-refractivity contribution in [1.29, 1.82) is 0 Å². The van der Waals surface area contributed by atoms with Crippen LogP contribution < -0.4 is 4.74 Å². The first-order valence-corrected chi connectivity index (χ1v) is 3.75. The Balaban J connectivity index is 2.43. The summed E-state index contributed by atoms with van der Waals surface area (Å²) in [6, 6.07) is 4.37. The quantitative estimate of drug-likeness (QED) is 0.599. The zero-order chi connectivity index (χ0) is 8.77. The van der Waals surface area contributed by atoms with Gasteiger partial charge < -0.3 is 4.74 Å². The Hall–Kier alpha value is -0.770. The summed E-state index contributed by atoms with van der Waals surface area (Å²) in [5.41, 5.74) is -3.17. The second-order valence-electron chi connectivity index (χ2n) is 2.04. The second-order valence-corrected chi connectivity index (χ2v) is 3.16. The third-order valence-electron chi connectivity index (χ3n) is 1.25. The van der Waals surface area contributed by atoms with E-state index < -0.39 is 5.44 Å². The highest BCUT2D eigenvalue weighted by Gasteiger charge is 2.40. The number of benzene rings is 1. The molecule has 2 rings (SSSR count). The van der Waals surface area contributed by atoms with E-state index in [0.29, 0.717) is 16.7 Å². The Morgan fingerprint density at radius 2 is 2.36 bits per heavy atom. The summed E-state index contributed by atoms with van der Waals surface area (Å²) >= 11 is 0.363. The second kappa shape index (κ2) is 2.11. The molecule has 1 aromatic carbocycles. The number of fused-ring (bicyclic) bond motifs is 1. The van der Waals surface area contributed by atoms with Crippen molar-refractivity contribution in [2.24, 2.45) is 0 Å². The molecule has 0 N–H and O–H groups in total. The third kappa shape index (κ3) is 1.18. The molecular weight excluding hydrogens is 170 g/mol. The van der Waals surface area contributed by atoms with E-state index in [2.05, 4.69) is 4.74 Å². The van der Waals surface area contributed by atoms with E-state index in [0.717, 1.165) is 0 Å². The molecule has 4 heteroatoms. The van der Waals surface area contributed by atoms with Crippen LogP contribution in [0.5, 0.6) is 5.75 Å². The van der Waals surface area contributed by atoms with Crippen molar-refractivity contribution >= 4 is 11.8 Å². The normalized spacial score (nSPS) is 20.4. The zero-order valence-corrected chi connectivity index (χ0v) is 6.12.